The van der Waals surface area contributed by atoms with Gasteiger partial charge in [0.05, 0.1) is 11.9 Å². The zero-order valence-electron chi connectivity index (χ0n) is 14.4. The van der Waals surface area contributed by atoms with Gasteiger partial charge in [-0.05, 0) is 42.2 Å². The van der Waals surface area contributed by atoms with Crippen LogP contribution < -0.4 is 16.0 Å². The summed E-state index contributed by atoms with van der Waals surface area (Å²) in [5.74, 6) is 0.514. The van der Waals surface area contributed by atoms with Crippen LogP contribution in [0.25, 0.3) is 0 Å². The van der Waals surface area contributed by atoms with Crippen LogP contribution in [0.2, 0.25) is 0 Å². The Balaban J connectivity index is 1.72. The van der Waals surface area contributed by atoms with Crippen molar-refractivity contribution in [2.45, 2.75) is 52.5 Å². The summed E-state index contributed by atoms with van der Waals surface area (Å²) in [4.78, 5) is 18.5. The molecule has 23 heavy (non-hydrogen) atoms. The first-order valence-corrected chi connectivity index (χ1v) is 8.53. The minimum atomic E-state index is -0.0842. The van der Waals surface area contributed by atoms with E-state index in [4.69, 9.17) is 5.73 Å². The Bertz CT molecular complexity index is 583. The highest BCUT2D eigenvalue weighted by atomic mass is 16.1. The predicted molar refractivity (Wildman–Crippen MR) is 93.4 cm³/mol. The lowest BCUT2D eigenvalue weighted by molar-refractivity contribution is -0.116. The van der Waals surface area contributed by atoms with Gasteiger partial charge in [0.2, 0.25) is 5.91 Å². The molecule has 2 atom stereocenters. The van der Waals surface area contributed by atoms with Gasteiger partial charge in [0.15, 0.2) is 0 Å². The molecular formula is C18H28N4O. The minimum absolute atomic E-state index is 0.0842. The first-order valence-electron chi connectivity index (χ1n) is 8.53. The van der Waals surface area contributed by atoms with E-state index < -0.39 is 0 Å². The van der Waals surface area contributed by atoms with E-state index in [1.54, 1.807) is 0 Å². The zero-order chi connectivity index (χ0) is 16.7. The number of carbonyl (C=O) groups excluding carboxylic acids is 1. The quantitative estimate of drug-likeness (QED) is 0.896. The molecule has 1 aliphatic carbocycles. The van der Waals surface area contributed by atoms with Crippen molar-refractivity contribution >= 4 is 17.4 Å². The average Bonchev–Trinajstić information content (AvgIpc) is 2.69. The Morgan fingerprint density at radius 2 is 2.17 bits per heavy atom. The van der Waals surface area contributed by atoms with E-state index in [1.165, 1.54) is 19.3 Å². The molecule has 3 N–H and O–H groups in total. The number of pyridine rings is 1. The lowest BCUT2D eigenvalue weighted by atomic mass is 9.65. The third-order valence-corrected chi connectivity index (χ3v) is 5.13. The number of amides is 1. The van der Waals surface area contributed by atoms with Gasteiger partial charge in [-0.2, -0.15) is 0 Å². The predicted octanol–water partition coefficient (Wildman–Crippen LogP) is 2.77. The Kier molecular flexibility index (Phi) is 4.08. The van der Waals surface area contributed by atoms with Crippen LogP contribution >= 0.6 is 0 Å². The Labute approximate surface area is 138 Å². The smallest absolute Gasteiger partial charge is 0.226 e. The van der Waals surface area contributed by atoms with Crippen LogP contribution in [0.1, 0.15) is 46.5 Å². The third kappa shape index (κ3) is 3.50. The molecule has 2 bridgehead atoms. The Hall–Kier alpha value is -1.62. The van der Waals surface area contributed by atoms with Gasteiger partial charge in [0.1, 0.15) is 5.82 Å². The first-order chi connectivity index (χ1) is 10.8. The second-order valence-electron chi connectivity index (χ2n) is 8.33. The number of fused-ring (bicyclic) bond motifs is 2. The standard InChI is InChI=1S/C18H28N4O/c1-17(2)8-14-9-18(3,11-17)12-22(14)13-4-5-15(20-10-13)21-16(23)6-7-19/h4-5,10,14H,6-9,11-12,19H2,1-3H3,(H,20,21,23). The van der Waals surface area contributed by atoms with Crippen LogP contribution in [0.4, 0.5) is 11.5 Å². The van der Waals surface area contributed by atoms with Gasteiger partial charge < -0.3 is 16.0 Å². The number of hydrogen-bond acceptors (Lipinski definition) is 4. The minimum Gasteiger partial charge on any atom is -0.367 e. The molecule has 1 aromatic rings. The fraction of sp³-hybridized carbons (Fsp3) is 0.667. The van der Waals surface area contributed by atoms with Gasteiger partial charge in [-0.25, -0.2) is 4.98 Å². The maximum Gasteiger partial charge on any atom is 0.226 e. The summed E-state index contributed by atoms with van der Waals surface area (Å²) in [6, 6.07) is 4.56. The molecule has 1 aliphatic heterocycles. The van der Waals surface area contributed by atoms with Gasteiger partial charge in [-0.1, -0.05) is 20.8 Å². The largest absolute Gasteiger partial charge is 0.367 e. The average molecular weight is 316 g/mol. The van der Waals surface area contributed by atoms with Gasteiger partial charge in [-0.3, -0.25) is 4.79 Å². The van der Waals surface area contributed by atoms with Crippen LogP contribution in [-0.2, 0) is 4.79 Å². The third-order valence-electron chi connectivity index (χ3n) is 5.13. The molecule has 0 radical (unpaired) electrons. The number of anilines is 2. The summed E-state index contributed by atoms with van der Waals surface area (Å²) >= 11 is 0. The number of nitrogens with one attached hydrogen (secondary N) is 1. The topological polar surface area (TPSA) is 71.2 Å². The molecule has 5 heteroatoms. The second-order valence-corrected chi connectivity index (χ2v) is 8.33. The van der Waals surface area contributed by atoms with Crippen molar-refractivity contribution in [1.82, 2.24) is 4.98 Å². The summed E-state index contributed by atoms with van der Waals surface area (Å²) in [5.41, 5.74) is 7.36. The molecule has 1 saturated heterocycles. The molecule has 0 aromatic carbocycles. The van der Waals surface area contributed by atoms with E-state index in [0.717, 1.165) is 12.2 Å². The van der Waals surface area contributed by atoms with Crippen molar-refractivity contribution in [2.24, 2.45) is 16.6 Å². The monoisotopic (exact) mass is 316 g/mol. The fourth-order valence-corrected chi connectivity index (χ4v) is 4.73. The van der Waals surface area contributed by atoms with Crippen LogP contribution in [0.3, 0.4) is 0 Å². The van der Waals surface area contributed by atoms with E-state index in [-0.39, 0.29) is 5.91 Å². The summed E-state index contributed by atoms with van der Waals surface area (Å²) < 4.78 is 0. The summed E-state index contributed by atoms with van der Waals surface area (Å²) in [5, 5.41) is 2.78. The second kappa shape index (κ2) is 5.78. The van der Waals surface area contributed by atoms with Crippen molar-refractivity contribution in [2.75, 3.05) is 23.3 Å². The van der Waals surface area contributed by atoms with Crippen LogP contribution in [0.5, 0.6) is 0 Å². The molecule has 5 nitrogen and oxygen atoms in total. The highest BCUT2D eigenvalue weighted by Gasteiger charge is 2.49. The van der Waals surface area contributed by atoms with Gasteiger partial charge in [0.25, 0.3) is 0 Å². The number of nitrogens with two attached hydrogens (primary N) is 1. The number of hydrogen-bond donors (Lipinski definition) is 2. The Morgan fingerprint density at radius 3 is 2.83 bits per heavy atom. The van der Waals surface area contributed by atoms with Crippen molar-refractivity contribution < 1.29 is 4.79 Å². The van der Waals surface area contributed by atoms with E-state index in [0.29, 0.717) is 35.7 Å². The summed E-state index contributed by atoms with van der Waals surface area (Å²) in [6.07, 6.45) is 6.00. The maximum atomic E-state index is 11.6. The van der Waals surface area contributed by atoms with E-state index in [1.807, 2.05) is 12.3 Å². The lowest BCUT2D eigenvalue weighted by Crippen LogP contribution is -2.34. The molecular weight excluding hydrogens is 288 g/mol. The van der Waals surface area contributed by atoms with Crippen LogP contribution in [-0.4, -0.2) is 30.0 Å². The number of aromatic nitrogens is 1. The van der Waals surface area contributed by atoms with E-state index >= 15 is 0 Å². The number of carbonyl (C=O) groups is 1. The van der Waals surface area contributed by atoms with Gasteiger partial charge >= 0.3 is 0 Å². The highest BCUT2D eigenvalue weighted by molar-refractivity contribution is 5.89. The maximum absolute atomic E-state index is 11.6. The molecule has 2 heterocycles. The Morgan fingerprint density at radius 1 is 1.39 bits per heavy atom. The fourth-order valence-electron chi connectivity index (χ4n) is 4.73. The van der Waals surface area contributed by atoms with E-state index in [2.05, 4.69) is 42.0 Å². The molecule has 1 aromatic heterocycles. The van der Waals surface area contributed by atoms with Crippen molar-refractivity contribution in [1.29, 1.82) is 0 Å². The first kappa shape index (κ1) is 16.2. The lowest BCUT2D eigenvalue weighted by Gasteiger charge is -2.39. The zero-order valence-corrected chi connectivity index (χ0v) is 14.4. The SMILES string of the molecule is CC1(C)CC2CC(C)(CN2c2ccc(NC(=O)CCN)nc2)C1. The molecule has 0 spiro atoms. The van der Waals surface area contributed by atoms with Gasteiger partial charge in [0, 0.05) is 25.6 Å². The number of nitrogens with zero attached hydrogens (tertiary/aromatic N) is 2. The van der Waals surface area contributed by atoms with Crippen LogP contribution in [0, 0.1) is 10.8 Å². The van der Waals surface area contributed by atoms with E-state index in [9.17, 15) is 4.79 Å². The molecule has 2 aliphatic rings. The highest BCUT2D eigenvalue weighted by Crippen LogP contribution is 2.53. The molecule has 1 saturated carbocycles. The van der Waals surface area contributed by atoms with Crippen molar-refractivity contribution in [3.05, 3.63) is 18.3 Å². The summed E-state index contributed by atoms with van der Waals surface area (Å²) in [6.45, 7) is 8.63. The molecule has 2 fully saturated rings. The van der Waals surface area contributed by atoms with Crippen molar-refractivity contribution in [3.63, 3.8) is 0 Å². The van der Waals surface area contributed by atoms with Gasteiger partial charge in [-0.15, -0.1) is 0 Å². The molecule has 3 rings (SSSR count). The van der Waals surface area contributed by atoms with Crippen molar-refractivity contribution in [3.8, 4) is 0 Å². The molecule has 2 unspecified atom stereocenters. The van der Waals surface area contributed by atoms with Crippen LogP contribution in [0.15, 0.2) is 18.3 Å². The normalized spacial score (nSPS) is 28.7. The summed E-state index contributed by atoms with van der Waals surface area (Å²) in [7, 11) is 0. The molecule has 1 amide bonds. The molecule has 126 valence electrons. The number of rotatable bonds is 4.